The summed E-state index contributed by atoms with van der Waals surface area (Å²) < 4.78 is 5.12. The molecule has 20 heavy (non-hydrogen) atoms. The summed E-state index contributed by atoms with van der Waals surface area (Å²) in [5, 5.41) is 10.4. The van der Waals surface area contributed by atoms with E-state index in [9.17, 15) is 5.11 Å². The molecule has 1 N–H and O–H groups in total. The number of aliphatic hydroxyl groups is 1. The molecule has 0 fully saturated rings. The van der Waals surface area contributed by atoms with Crippen molar-refractivity contribution in [2.75, 3.05) is 7.11 Å². The van der Waals surface area contributed by atoms with Gasteiger partial charge in [0.25, 0.3) is 0 Å². The number of hydrogen-bond donors (Lipinski definition) is 1. The van der Waals surface area contributed by atoms with Crippen LogP contribution in [0.5, 0.6) is 5.75 Å². The number of hydrogen-bond acceptors (Lipinski definition) is 5. The third kappa shape index (κ3) is 2.31. The Hall–Kier alpha value is -2.53. The van der Waals surface area contributed by atoms with Crippen molar-refractivity contribution in [2.45, 2.75) is 6.10 Å². The van der Waals surface area contributed by atoms with Gasteiger partial charge in [-0.05, 0) is 23.8 Å². The number of ether oxygens (including phenoxy) is 1. The Balaban J connectivity index is 2.00. The van der Waals surface area contributed by atoms with Crippen LogP contribution in [0.4, 0.5) is 0 Å². The van der Waals surface area contributed by atoms with Crippen molar-refractivity contribution < 1.29 is 9.84 Å². The van der Waals surface area contributed by atoms with E-state index in [1.54, 1.807) is 38.0 Å². The van der Waals surface area contributed by atoms with Gasteiger partial charge < -0.3 is 9.84 Å². The summed E-state index contributed by atoms with van der Waals surface area (Å²) >= 11 is 0. The maximum Gasteiger partial charge on any atom is 0.137 e. The predicted octanol–water partition coefficient (Wildman–Crippen LogP) is 2.12. The van der Waals surface area contributed by atoms with E-state index in [0.29, 0.717) is 11.3 Å². The van der Waals surface area contributed by atoms with E-state index in [1.165, 1.54) is 0 Å². The van der Waals surface area contributed by atoms with E-state index >= 15 is 0 Å². The van der Waals surface area contributed by atoms with Gasteiger partial charge in [0.1, 0.15) is 11.9 Å². The molecule has 0 radical (unpaired) electrons. The molecule has 5 nitrogen and oxygen atoms in total. The molecule has 5 heteroatoms. The van der Waals surface area contributed by atoms with Gasteiger partial charge in [-0.15, -0.1) is 0 Å². The first-order chi connectivity index (χ1) is 9.78. The van der Waals surface area contributed by atoms with Gasteiger partial charge in [-0.1, -0.05) is 6.07 Å². The van der Waals surface area contributed by atoms with Crippen LogP contribution in [0.15, 0.2) is 49.1 Å². The monoisotopic (exact) mass is 267 g/mol. The van der Waals surface area contributed by atoms with Crippen LogP contribution < -0.4 is 4.74 Å². The molecule has 0 aliphatic carbocycles. The topological polar surface area (TPSA) is 68.1 Å². The first-order valence-electron chi connectivity index (χ1n) is 6.15. The van der Waals surface area contributed by atoms with Crippen LogP contribution in [0.25, 0.3) is 11.0 Å². The fraction of sp³-hybridized carbons (Fsp3) is 0.133. The van der Waals surface area contributed by atoms with Crippen LogP contribution in [0.2, 0.25) is 0 Å². The first kappa shape index (κ1) is 12.5. The minimum Gasteiger partial charge on any atom is -0.495 e. The maximum atomic E-state index is 10.4. The smallest absolute Gasteiger partial charge is 0.137 e. The Bertz CT molecular complexity index is 746. The van der Waals surface area contributed by atoms with Gasteiger partial charge in [0.05, 0.1) is 24.3 Å². The number of benzene rings is 1. The molecular weight excluding hydrogens is 254 g/mol. The highest BCUT2D eigenvalue weighted by Crippen LogP contribution is 2.25. The van der Waals surface area contributed by atoms with Gasteiger partial charge in [-0.3, -0.25) is 15.0 Å². The number of aromatic nitrogens is 3. The quantitative estimate of drug-likeness (QED) is 0.787. The Labute approximate surface area is 115 Å². The molecule has 2 aromatic heterocycles. The van der Waals surface area contributed by atoms with Crippen molar-refractivity contribution in [3.05, 3.63) is 60.2 Å². The molecule has 3 aromatic rings. The second-order valence-corrected chi connectivity index (χ2v) is 4.37. The molecule has 2 heterocycles. The number of methoxy groups -OCH3 is 1. The molecule has 100 valence electrons. The number of pyridine rings is 1. The van der Waals surface area contributed by atoms with Crippen molar-refractivity contribution >= 4 is 11.0 Å². The highest BCUT2D eigenvalue weighted by Gasteiger charge is 2.12. The van der Waals surface area contributed by atoms with Crippen LogP contribution in [0, 0.1) is 0 Å². The summed E-state index contributed by atoms with van der Waals surface area (Å²) in [6, 6.07) is 7.26. The second kappa shape index (κ2) is 5.22. The van der Waals surface area contributed by atoms with Gasteiger partial charge in [0.15, 0.2) is 0 Å². The Kier molecular flexibility index (Phi) is 3.26. The van der Waals surface area contributed by atoms with Gasteiger partial charge >= 0.3 is 0 Å². The Morgan fingerprint density at radius 3 is 2.60 bits per heavy atom. The molecule has 3 rings (SSSR count). The predicted molar refractivity (Wildman–Crippen MR) is 74.4 cm³/mol. The van der Waals surface area contributed by atoms with Crippen LogP contribution in [0.1, 0.15) is 17.2 Å². The lowest BCUT2D eigenvalue weighted by Crippen LogP contribution is -2.01. The van der Waals surface area contributed by atoms with Crippen molar-refractivity contribution in [3.8, 4) is 5.75 Å². The lowest BCUT2D eigenvalue weighted by molar-refractivity contribution is 0.219. The van der Waals surface area contributed by atoms with Crippen molar-refractivity contribution in [1.29, 1.82) is 0 Å². The second-order valence-electron chi connectivity index (χ2n) is 4.37. The molecule has 0 bridgehead atoms. The summed E-state index contributed by atoms with van der Waals surface area (Å²) in [7, 11) is 1.57. The normalized spacial score (nSPS) is 12.3. The molecule has 0 saturated heterocycles. The highest BCUT2D eigenvalue weighted by atomic mass is 16.5. The van der Waals surface area contributed by atoms with Crippen molar-refractivity contribution in [3.63, 3.8) is 0 Å². The molecule has 0 spiro atoms. The zero-order chi connectivity index (χ0) is 13.9. The Morgan fingerprint density at radius 1 is 1.00 bits per heavy atom. The van der Waals surface area contributed by atoms with Gasteiger partial charge in [-0.2, -0.15) is 0 Å². The van der Waals surface area contributed by atoms with E-state index in [0.717, 1.165) is 16.6 Å². The summed E-state index contributed by atoms with van der Waals surface area (Å²) in [5.41, 5.74) is 2.97. The van der Waals surface area contributed by atoms with Gasteiger partial charge in [-0.25, -0.2) is 0 Å². The van der Waals surface area contributed by atoms with E-state index in [2.05, 4.69) is 15.0 Å². The van der Waals surface area contributed by atoms with Crippen molar-refractivity contribution in [1.82, 2.24) is 15.0 Å². The molecule has 0 aliphatic rings. The molecule has 0 amide bonds. The third-order valence-electron chi connectivity index (χ3n) is 3.09. The van der Waals surface area contributed by atoms with Crippen LogP contribution in [-0.4, -0.2) is 27.2 Å². The summed E-state index contributed by atoms with van der Waals surface area (Å²) in [6.45, 7) is 0. The van der Waals surface area contributed by atoms with Gasteiger partial charge in [0, 0.05) is 24.2 Å². The number of fused-ring (bicyclic) bond motifs is 1. The minimum absolute atomic E-state index is 0.613. The molecule has 1 atom stereocenters. The molecule has 1 aromatic carbocycles. The zero-order valence-electron chi connectivity index (χ0n) is 10.9. The maximum absolute atomic E-state index is 10.4. The zero-order valence-corrected chi connectivity index (χ0v) is 10.9. The SMILES string of the molecule is COc1cncc(C(O)c2ccc3nccnc3c2)c1. The van der Waals surface area contributed by atoms with E-state index in [1.807, 2.05) is 18.2 Å². The standard InChI is InChI=1S/C15H13N3O2/c1-20-12-6-11(8-16-9-12)15(19)10-2-3-13-14(7-10)18-5-4-17-13/h2-9,15,19H,1H3. The highest BCUT2D eigenvalue weighted by molar-refractivity contribution is 5.74. The number of nitrogens with zero attached hydrogens (tertiary/aromatic N) is 3. The van der Waals surface area contributed by atoms with E-state index in [-0.39, 0.29) is 0 Å². The third-order valence-corrected chi connectivity index (χ3v) is 3.09. The van der Waals surface area contributed by atoms with Crippen molar-refractivity contribution in [2.24, 2.45) is 0 Å². The van der Waals surface area contributed by atoms with Crippen LogP contribution >= 0.6 is 0 Å². The molecule has 0 aliphatic heterocycles. The summed E-state index contributed by atoms with van der Waals surface area (Å²) in [6.07, 6.45) is 5.72. The minimum atomic E-state index is -0.774. The molecule has 1 unspecified atom stereocenters. The number of rotatable bonds is 3. The fourth-order valence-electron chi connectivity index (χ4n) is 2.04. The molecule has 0 saturated carbocycles. The summed E-state index contributed by atoms with van der Waals surface area (Å²) in [4.78, 5) is 12.5. The lowest BCUT2D eigenvalue weighted by atomic mass is 10.0. The fourth-order valence-corrected chi connectivity index (χ4v) is 2.04. The first-order valence-corrected chi connectivity index (χ1v) is 6.15. The largest absolute Gasteiger partial charge is 0.495 e. The number of aliphatic hydroxyl groups excluding tert-OH is 1. The van der Waals surface area contributed by atoms with E-state index < -0.39 is 6.10 Å². The van der Waals surface area contributed by atoms with Crippen LogP contribution in [-0.2, 0) is 0 Å². The molecular formula is C15H13N3O2. The Morgan fingerprint density at radius 2 is 1.80 bits per heavy atom. The average molecular weight is 267 g/mol. The average Bonchev–Trinajstić information content (AvgIpc) is 2.53. The summed E-state index contributed by atoms with van der Waals surface area (Å²) in [5.74, 6) is 0.613. The van der Waals surface area contributed by atoms with Crippen LogP contribution in [0.3, 0.4) is 0 Å². The van der Waals surface area contributed by atoms with E-state index in [4.69, 9.17) is 4.74 Å². The van der Waals surface area contributed by atoms with Gasteiger partial charge in [0.2, 0.25) is 0 Å². The lowest BCUT2D eigenvalue weighted by Gasteiger charge is -2.12.